The van der Waals surface area contributed by atoms with Gasteiger partial charge in [-0.15, -0.1) is 0 Å². The molecular formula is C17H22F3N5O4S. The molecule has 0 bridgehead atoms. The van der Waals surface area contributed by atoms with Crippen molar-refractivity contribution < 1.29 is 21.6 Å². The molecule has 166 valence electrons. The molecule has 9 nitrogen and oxygen atoms in total. The first-order valence-corrected chi connectivity index (χ1v) is 10.5. The van der Waals surface area contributed by atoms with Gasteiger partial charge in [0.1, 0.15) is 5.65 Å². The van der Waals surface area contributed by atoms with Crippen LogP contribution in [0.15, 0.2) is 15.7 Å². The Morgan fingerprint density at radius 3 is 2.33 bits per heavy atom. The minimum atomic E-state index is -4.90. The van der Waals surface area contributed by atoms with Crippen molar-refractivity contribution in [3.05, 3.63) is 38.2 Å². The van der Waals surface area contributed by atoms with Crippen LogP contribution >= 0.6 is 0 Å². The number of fused-ring (bicyclic) bond motifs is 1. The number of hydrogen-bond acceptors (Lipinski definition) is 5. The van der Waals surface area contributed by atoms with Gasteiger partial charge in [-0.3, -0.25) is 13.9 Å². The van der Waals surface area contributed by atoms with E-state index in [9.17, 15) is 31.2 Å². The van der Waals surface area contributed by atoms with Crippen molar-refractivity contribution in [2.24, 2.45) is 14.1 Å². The maximum absolute atomic E-state index is 13.9. The average Bonchev–Trinajstić information content (AvgIpc) is 2.68. The van der Waals surface area contributed by atoms with Gasteiger partial charge in [0.05, 0.1) is 22.7 Å². The van der Waals surface area contributed by atoms with E-state index >= 15 is 0 Å². The van der Waals surface area contributed by atoms with Crippen LogP contribution in [0.2, 0.25) is 0 Å². The Labute approximate surface area is 170 Å². The Hall–Kier alpha value is -2.25. The Bertz CT molecular complexity index is 1220. The van der Waals surface area contributed by atoms with Gasteiger partial charge in [0.15, 0.2) is 0 Å². The molecule has 0 spiro atoms. The van der Waals surface area contributed by atoms with Gasteiger partial charge in [0.2, 0.25) is 0 Å². The van der Waals surface area contributed by atoms with Crippen LogP contribution in [0.3, 0.4) is 0 Å². The average molecular weight is 449 g/mol. The molecule has 1 aliphatic rings. The molecule has 0 saturated carbocycles. The molecule has 3 heterocycles. The zero-order chi connectivity index (χ0) is 22.6. The lowest BCUT2D eigenvalue weighted by Crippen LogP contribution is -2.45. The quantitative estimate of drug-likeness (QED) is 0.696. The summed E-state index contributed by atoms with van der Waals surface area (Å²) >= 11 is 0. The number of nitrogens with zero attached hydrogens (tertiary/aromatic N) is 5. The summed E-state index contributed by atoms with van der Waals surface area (Å²) in [5.41, 5.74) is -3.76. The van der Waals surface area contributed by atoms with E-state index in [1.165, 1.54) is 21.1 Å². The van der Waals surface area contributed by atoms with Gasteiger partial charge in [0.25, 0.3) is 15.8 Å². The highest BCUT2D eigenvalue weighted by molar-refractivity contribution is 7.86. The van der Waals surface area contributed by atoms with Gasteiger partial charge in [-0.25, -0.2) is 9.78 Å². The summed E-state index contributed by atoms with van der Waals surface area (Å²) in [6, 6.07) is -0.224. The van der Waals surface area contributed by atoms with Crippen molar-refractivity contribution in [1.82, 2.24) is 22.7 Å². The fourth-order valence-corrected chi connectivity index (χ4v) is 4.97. The molecule has 0 unspecified atom stereocenters. The van der Waals surface area contributed by atoms with Crippen LogP contribution in [0.1, 0.15) is 36.6 Å². The van der Waals surface area contributed by atoms with E-state index in [0.29, 0.717) is 17.4 Å². The van der Waals surface area contributed by atoms with Crippen LogP contribution in [-0.2, 0) is 30.5 Å². The molecule has 2 aromatic heterocycles. The van der Waals surface area contributed by atoms with E-state index in [1.807, 2.05) is 0 Å². The van der Waals surface area contributed by atoms with Gasteiger partial charge in [-0.2, -0.15) is 30.2 Å². The van der Waals surface area contributed by atoms with Gasteiger partial charge >= 0.3 is 11.9 Å². The second-order valence-corrected chi connectivity index (χ2v) is 9.50. The number of hydrogen-bond donors (Lipinski definition) is 0. The smallest absolute Gasteiger partial charge is 0.280 e. The fourth-order valence-electron chi connectivity index (χ4n) is 3.66. The van der Waals surface area contributed by atoms with Crippen LogP contribution in [0.4, 0.5) is 13.2 Å². The number of rotatable bonds is 3. The van der Waals surface area contributed by atoms with Crippen LogP contribution in [-0.4, -0.2) is 51.8 Å². The molecule has 1 aliphatic heterocycles. The van der Waals surface area contributed by atoms with E-state index < -0.39 is 50.3 Å². The standard InChI is InChI=1S/C17H22F3N5O4S/c1-22(2)30(28,29)25-8-6-5-7-12(25)11-9-10(17(18,19)20)13-14(21-11)23(3)16(27)24(4)15(13)26/h9,12H,5-8H2,1-4H3/t12-/m0/s1. The van der Waals surface area contributed by atoms with Gasteiger partial charge in [-0.1, -0.05) is 6.42 Å². The second-order valence-electron chi connectivity index (χ2n) is 7.41. The molecule has 2 aromatic rings. The molecule has 13 heteroatoms. The SMILES string of the molecule is CN(C)S(=O)(=O)N1CCCC[C@H]1c1cc(C(F)(F)F)c2c(=O)n(C)c(=O)n(C)c2n1. The molecule has 0 N–H and O–H groups in total. The largest absolute Gasteiger partial charge is 0.417 e. The van der Waals surface area contributed by atoms with Crippen LogP contribution in [0.25, 0.3) is 11.0 Å². The summed E-state index contributed by atoms with van der Waals surface area (Å²) in [7, 11) is 1.06. The van der Waals surface area contributed by atoms with Gasteiger partial charge in [-0.05, 0) is 18.9 Å². The van der Waals surface area contributed by atoms with E-state index in [4.69, 9.17) is 0 Å². The van der Waals surface area contributed by atoms with Gasteiger partial charge in [0, 0.05) is 34.7 Å². The van der Waals surface area contributed by atoms with E-state index in [1.54, 1.807) is 0 Å². The minimum absolute atomic E-state index is 0.127. The predicted octanol–water partition coefficient (Wildman–Crippen LogP) is 0.984. The summed E-state index contributed by atoms with van der Waals surface area (Å²) in [4.78, 5) is 28.9. The van der Waals surface area contributed by atoms with Gasteiger partial charge < -0.3 is 0 Å². The van der Waals surface area contributed by atoms with Crippen LogP contribution in [0, 0.1) is 0 Å². The molecule has 1 fully saturated rings. The molecule has 0 aliphatic carbocycles. The van der Waals surface area contributed by atoms with Crippen LogP contribution in [0.5, 0.6) is 0 Å². The van der Waals surface area contributed by atoms with Crippen molar-refractivity contribution in [3.8, 4) is 0 Å². The summed E-state index contributed by atoms with van der Waals surface area (Å²) in [6.45, 7) is 0.127. The highest BCUT2D eigenvalue weighted by atomic mass is 32.2. The molecule has 1 saturated heterocycles. The monoisotopic (exact) mass is 449 g/mol. The third-order valence-electron chi connectivity index (χ3n) is 5.29. The number of pyridine rings is 1. The van der Waals surface area contributed by atoms with E-state index in [2.05, 4.69) is 4.98 Å². The number of aryl methyl sites for hydroxylation is 1. The molecule has 0 aromatic carbocycles. The summed E-state index contributed by atoms with van der Waals surface area (Å²) in [6.07, 6.45) is -3.48. The Morgan fingerprint density at radius 2 is 1.77 bits per heavy atom. The lowest BCUT2D eigenvalue weighted by atomic mass is 9.99. The molecule has 1 atom stereocenters. The Balaban J connectivity index is 2.37. The number of piperidine rings is 1. The number of halogens is 3. The lowest BCUT2D eigenvalue weighted by Gasteiger charge is -2.36. The highest BCUT2D eigenvalue weighted by Gasteiger charge is 2.40. The highest BCUT2D eigenvalue weighted by Crippen LogP contribution is 2.38. The fraction of sp³-hybridized carbons (Fsp3) is 0.588. The molecule has 0 amide bonds. The predicted molar refractivity (Wildman–Crippen MR) is 103 cm³/mol. The summed E-state index contributed by atoms with van der Waals surface area (Å²) < 4.78 is 70.6. The lowest BCUT2D eigenvalue weighted by molar-refractivity contribution is -0.136. The van der Waals surface area contributed by atoms with Crippen molar-refractivity contribution in [2.45, 2.75) is 31.5 Å². The normalized spacial score (nSPS) is 19.0. The van der Waals surface area contributed by atoms with Crippen molar-refractivity contribution in [3.63, 3.8) is 0 Å². The number of aromatic nitrogens is 3. The zero-order valence-electron chi connectivity index (χ0n) is 16.9. The van der Waals surface area contributed by atoms with Crippen molar-refractivity contribution in [1.29, 1.82) is 0 Å². The van der Waals surface area contributed by atoms with E-state index in [-0.39, 0.29) is 18.7 Å². The maximum Gasteiger partial charge on any atom is 0.417 e. The Morgan fingerprint density at radius 1 is 1.13 bits per heavy atom. The van der Waals surface area contributed by atoms with Crippen molar-refractivity contribution >= 4 is 21.2 Å². The van der Waals surface area contributed by atoms with E-state index in [0.717, 1.165) is 26.3 Å². The third kappa shape index (κ3) is 3.54. The molecule has 3 rings (SSSR count). The first-order valence-electron chi connectivity index (χ1n) is 9.15. The summed E-state index contributed by atoms with van der Waals surface area (Å²) in [5.74, 6) is 0. The first kappa shape index (κ1) is 22.4. The Kier molecular flexibility index (Phi) is 5.58. The topological polar surface area (TPSA) is 97.5 Å². The number of alkyl halides is 3. The zero-order valence-corrected chi connectivity index (χ0v) is 17.7. The maximum atomic E-state index is 13.9. The molecular weight excluding hydrogens is 427 g/mol. The van der Waals surface area contributed by atoms with Crippen LogP contribution < -0.4 is 11.2 Å². The van der Waals surface area contributed by atoms with Crippen molar-refractivity contribution in [2.75, 3.05) is 20.6 Å². The minimum Gasteiger partial charge on any atom is -0.280 e. The second kappa shape index (κ2) is 7.46. The summed E-state index contributed by atoms with van der Waals surface area (Å²) in [5, 5.41) is -0.728. The third-order valence-corrected chi connectivity index (χ3v) is 7.24. The molecule has 30 heavy (non-hydrogen) atoms. The first-order chi connectivity index (χ1) is 13.8. The molecule has 0 radical (unpaired) electrons.